The fourth-order valence-electron chi connectivity index (χ4n) is 5.99. The van der Waals surface area contributed by atoms with Gasteiger partial charge in [0.15, 0.2) is 29.0 Å². The Morgan fingerprint density at radius 1 is 0.880 bits per heavy atom. The Balaban J connectivity index is 1.21. The summed E-state index contributed by atoms with van der Waals surface area (Å²) in [5, 5.41) is 0. The van der Waals surface area contributed by atoms with Gasteiger partial charge in [0.05, 0.1) is 12.9 Å². The van der Waals surface area contributed by atoms with Gasteiger partial charge in [0.1, 0.15) is 24.6 Å². The van der Waals surface area contributed by atoms with Crippen molar-refractivity contribution in [3.05, 3.63) is 126 Å². The predicted octanol–water partition coefficient (Wildman–Crippen LogP) is 6.26. The third-order valence-corrected chi connectivity index (χ3v) is 9.85. The molecule has 0 saturated carbocycles. The third-order valence-electron chi connectivity index (χ3n) is 8.32. The summed E-state index contributed by atoms with van der Waals surface area (Å²) in [6.07, 6.45) is 1.60. The second-order valence-electron chi connectivity index (χ2n) is 12.1. The van der Waals surface area contributed by atoms with Gasteiger partial charge in [0.2, 0.25) is 0 Å². The molecule has 0 aliphatic carbocycles. The van der Waals surface area contributed by atoms with Gasteiger partial charge >= 0.3 is 7.60 Å². The highest BCUT2D eigenvalue weighted by molar-refractivity contribution is 7.57. The van der Waals surface area contributed by atoms with Gasteiger partial charge in [0.25, 0.3) is 11.8 Å². The third kappa shape index (κ3) is 6.67. The van der Waals surface area contributed by atoms with Crippen molar-refractivity contribution < 1.29 is 37.4 Å². The Morgan fingerprint density at radius 3 is 2.10 bits per heavy atom. The van der Waals surface area contributed by atoms with Gasteiger partial charge < -0.3 is 23.3 Å². The number of carbonyl (C=O) groups excluding carboxylic acids is 2. The number of aromatic nitrogens is 4. The Labute approximate surface area is 288 Å². The van der Waals surface area contributed by atoms with E-state index in [9.17, 15) is 14.2 Å². The Morgan fingerprint density at radius 2 is 1.48 bits per heavy atom. The summed E-state index contributed by atoms with van der Waals surface area (Å²) < 4.78 is 45.3. The topological polar surface area (TPSA) is 144 Å². The lowest BCUT2D eigenvalue weighted by Gasteiger charge is -2.25. The number of imidazole rings is 1. The molecule has 50 heavy (non-hydrogen) atoms. The molecule has 7 rings (SSSR count). The number of imide groups is 1. The number of amides is 2. The van der Waals surface area contributed by atoms with Gasteiger partial charge in [0, 0.05) is 24.1 Å². The molecule has 5 atom stereocenters. The van der Waals surface area contributed by atoms with Crippen LogP contribution in [-0.2, 0) is 27.8 Å². The average Bonchev–Trinajstić information content (AvgIpc) is 3.82. The molecular formula is C36H34N5O8P. The number of hydrogen-bond donors (Lipinski definition) is 0. The molecule has 0 radical (unpaired) electrons. The Hall–Kier alpha value is -4.88. The van der Waals surface area contributed by atoms with Crippen molar-refractivity contribution in [3.63, 3.8) is 0 Å². The lowest BCUT2D eigenvalue weighted by atomic mass is 10.1. The second kappa shape index (κ2) is 13.8. The summed E-state index contributed by atoms with van der Waals surface area (Å²) >= 11 is 0. The molecule has 0 bridgehead atoms. The quantitative estimate of drug-likeness (QED) is 0.121. The number of hydrogen-bond acceptors (Lipinski definition) is 11. The molecule has 4 heterocycles. The first-order valence-electron chi connectivity index (χ1n) is 15.9. The van der Waals surface area contributed by atoms with E-state index in [1.165, 1.54) is 25.6 Å². The van der Waals surface area contributed by atoms with Crippen molar-refractivity contribution in [2.24, 2.45) is 0 Å². The number of nitrogens with zero attached hydrogens (tertiary/aromatic N) is 5. The standard InChI is InChI=1S/C36H34N5O8P/c1-36(2)48-29-27(21-46-50(44,45-3)20-19-24-13-7-4-8-14-24)47-35(30(29)49-36)40-23-39-28-31(40)37-22-38-32(28)41(33(42)25-15-9-5-10-16-25)34(43)26-17-11-6-12-18-26/h4-20,22-23,27,29-30,35H,21H2,1-3H3/b20-19+/t27-,29-,30-,35-,50?/m1/s1. The summed E-state index contributed by atoms with van der Waals surface area (Å²) in [4.78, 5) is 42.3. The van der Waals surface area contributed by atoms with Crippen LogP contribution in [0.5, 0.6) is 0 Å². The van der Waals surface area contributed by atoms with Crippen LogP contribution in [0, 0.1) is 0 Å². The van der Waals surface area contributed by atoms with Crippen LogP contribution in [0.3, 0.4) is 0 Å². The maximum Gasteiger partial charge on any atom is 0.354 e. The molecular weight excluding hydrogens is 661 g/mol. The first-order valence-corrected chi connectivity index (χ1v) is 17.5. The summed E-state index contributed by atoms with van der Waals surface area (Å²) in [6, 6.07) is 26.3. The second-order valence-corrected chi connectivity index (χ2v) is 14.1. The minimum atomic E-state index is -3.66. The average molecular weight is 696 g/mol. The summed E-state index contributed by atoms with van der Waals surface area (Å²) in [7, 11) is -2.34. The molecule has 2 saturated heterocycles. The van der Waals surface area contributed by atoms with E-state index in [4.69, 9.17) is 23.3 Å². The molecule has 2 aliphatic heterocycles. The fourth-order valence-corrected chi connectivity index (χ4v) is 7.01. The molecule has 2 amide bonds. The molecule has 0 N–H and O–H groups in total. The maximum absolute atomic E-state index is 13.9. The number of ether oxygens (including phenoxy) is 3. The van der Waals surface area contributed by atoms with Crippen LogP contribution in [0.25, 0.3) is 17.2 Å². The van der Waals surface area contributed by atoms with Crippen molar-refractivity contribution in [1.82, 2.24) is 19.5 Å². The van der Waals surface area contributed by atoms with Crippen molar-refractivity contribution >= 4 is 42.5 Å². The highest BCUT2D eigenvalue weighted by Crippen LogP contribution is 2.51. The molecule has 1 unspecified atom stereocenters. The molecule has 13 nitrogen and oxygen atoms in total. The highest BCUT2D eigenvalue weighted by atomic mass is 31.2. The molecule has 2 aromatic heterocycles. The van der Waals surface area contributed by atoms with E-state index >= 15 is 0 Å². The predicted molar refractivity (Wildman–Crippen MR) is 183 cm³/mol. The number of rotatable bonds is 10. The van der Waals surface area contributed by atoms with Gasteiger partial charge in [-0.15, -0.1) is 0 Å². The Kier molecular flexibility index (Phi) is 9.27. The van der Waals surface area contributed by atoms with Crippen LogP contribution in [0.4, 0.5) is 5.82 Å². The van der Waals surface area contributed by atoms with Crippen molar-refractivity contribution in [3.8, 4) is 0 Å². The van der Waals surface area contributed by atoms with Gasteiger partial charge in [-0.1, -0.05) is 66.7 Å². The van der Waals surface area contributed by atoms with Crippen molar-refractivity contribution in [1.29, 1.82) is 0 Å². The van der Waals surface area contributed by atoms with Gasteiger partial charge in [-0.25, -0.2) is 19.9 Å². The van der Waals surface area contributed by atoms with Crippen LogP contribution in [0.2, 0.25) is 0 Å². The summed E-state index contributed by atoms with van der Waals surface area (Å²) in [5.41, 5.74) is 1.89. The van der Waals surface area contributed by atoms with Crippen LogP contribution in [0.15, 0.2) is 109 Å². The van der Waals surface area contributed by atoms with E-state index in [1.807, 2.05) is 30.3 Å². The summed E-state index contributed by atoms with van der Waals surface area (Å²) in [6.45, 7) is 3.44. The first kappa shape index (κ1) is 33.6. The van der Waals surface area contributed by atoms with Gasteiger partial charge in [-0.3, -0.25) is 18.7 Å². The zero-order chi connectivity index (χ0) is 34.9. The largest absolute Gasteiger partial charge is 0.354 e. The lowest BCUT2D eigenvalue weighted by Crippen LogP contribution is -2.38. The molecule has 14 heteroatoms. The number of anilines is 1. The zero-order valence-corrected chi connectivity index (χ0v) is 28.3. The Bertz CT molecular complexity index is 2020. The van der Waals surface area contributed by atoms with Gasteiger partial charge in [-0.05, 0) is 49.8 Å². The SMILES string of the molecule is COP(=O)(/C=C/c1ccccc1)OC[C@H]1O[C@@H](n2cnc3c(N(C(=O)c4ccccc4)C(=O)c4ccccc4)ncnc32)[C@@H]2OC(C)(C)O[C@@H]21. The van der Waals surface area contributed by atoms with Crippen LogP contribution in [0.1, 0.15) is 46.4 Å². The maximum atomic E-state index is 13.9. The number of carbonyl (C=O) groups is 2. The monoisotopic (exact) mass is 695 g/mol. The molecule has 5 aromatic rings. The van der Waals surface area contributed by atoms with Gasteiger partial charge in [-0.2, -0.15) is 0 Å². The van der Waals surface area contributed by atoms with E-state index in [2.05, 4.69) is 15.0 Å². The molecule has 2 fully saturated rings. The fraction of sp³-hybridized carbons (Fsp3) is 0.250. The van der Waals surface area contributed by atoms with Crippen LogP contribution in [-0.4, -0.2) is 69.1 Å². The molecule has 256 valence electrons. The normalized spacial score (nSPS) is 22.4. The number of fused-ring (bicyclic) bond motifs is 2. The van der Waals surface area contributed by atoms with Crippen molar-refractivity contribution in [2.75, 3.05) is 18.6 Å². The summed E-state index contributed by atoms with van der Waals surface area (Å²) in [5.74, 6) is -0.724. The lowest BCUT2D eigenvalue weighted by molar-refractivity contribution is -0.199. The van der Waals surface area contributed by atoms with Crippen LogP contribution >= 0.6 is 7.60 Å². The zero-order valence-electron chi connectivity index (χ0n) is 27.4. The van der Waals surface area contributed by atoms with Crippen LogP contribution < -0.4 is 4.90 Å². The van der Waals surface area contributed by atoms with E-state index in [0.717, 1.165) is 10.5 Å². The molecule has 3 aromatic carbocycles. The minimum absolute atomic E-state index is 0.000966. The smallest absolute Gasteiger partial charge is 0.347 e. The number of benzene rings is 3. The van der Waals surface area contributed by atoms with E-state index in [-0.39, 0.29) is 23.6 Å². The van der Waals surface area contributed by atoms with E-state index < -0.39 is 49.7 Å². The first-order chi connectivity index (χ1) is 24.2. The van der Waals surface area contributed by atoms with E-state index in [0.29, 0.717) is 11.1 Å². The highest BCUT2D eigenvalue weighted by Gasteiger charge is 2.56. The molecule has 2 aliphatic rings. The minimum Gasteiger partial charge on any atom is -0.347 e. The molecule has 0 spiro atoms. The van der Waals surface area contributed by atoms with Crippen molar-refractivity contribution in [2.45, 2.75) is 44.2 Å². The van der Waals surface area contributed by atoms with E-state index in [1.54, 1.807) is 85.2 Å².